The van der Waals surface area contributed by atoms with Gasteiger partial charge >= 0.3 is 11.9 Å². The number of thioether (sulfide) groups is 1. The van der Waals surface area contributed by atoms with Crippen LogP contribution in [0.5, 0.6) is 0 Å². The highest BCUT2D eigenvalue weighted by molar-refractivity contribution is 8.16. The number of amidine groups is 1. The van der Waals surface area contributed by atoms with Crippen LogP contribution in [-0.2, 0) is 23.9 Å². The van der Waals surface area contributed by atoms with Crippen LogP contribution in [0.2, 0.25) is 0 Å². The van der Waals surface area contributed by atoms with E-state index in [4.69, 9.17) is 14.5 Å². The van der Waals surface area contributed by atoms with Crippen LogP contribution in [0.15, 0.2) is 45.6 Å². The lowest BCUT2D eigenvalue weighted by Crippen LogP contribution is -2.42. The molecule has 9 heteroatoms. The van der Waals surface area contributed by atoms with Crippen LogP contribution >= 0.6 is 11.8 Å². The SMILES string of the molecule is CCOC(=O)C1CCN(C(=O)CC2=CSC3=NC(C)=C(C(=O)OC(C)C)[C@H](c4cc(C)ccc4C)N23)CC1. The van der Waals surface area contributed by atoms with Crippen LogP contribution in [0.1, 0.15) is 69.7 Å². The van der Waals surface area contributed by atoms with E-state index < -0.39 is 12.0 Å². The van der Waals surface area contributed by atoms with Crippen LogP contribution in [-0.4, -0.2) is 58.6 Å². The Kier molecular flexibility index (Phi) is 8.65. The Morgan fingerprint density at radius 1 is 1.13 bits per heavy atom. The summed E-state index contributed by atoms with van der Waals surface area (Å²) in [5, 5.41) is 2.71. The average Bonchev–Trinajstić information content (AvgIpc) is 3.26. The summed E-state index contributed by atoms with van der Waals surface area (Å²) in [6.45, 7) is 12.8. The Bertz CT molecular complexity index is 1210. The van der Waals surface area contributed by atoms with E-state index in [9.17, 15) is 14.4 Å². The number of carbonyl (C=O) groups excluding carboxylic acids is 3. The number of rotatable bonds is 7. The fourth-order valence-electron chi connectivity index (χ4n) is 5.15. The number of aliphatic imine (C=N–C) groups is 1. The van der Waals surface area contributed by atoms with Gasteiger partial charge in [-0.3, -0.25) is 9.59 Å². The first-order valence-electron chi connectivity index (χ1n) is 13.3. The molecule has 1 saturated heterocycles. The molecular formula is C29H37N3O5S. The number of amides is 1. The zero-order valence-electron chi connectivity index (χ0n) is 23.1. The van der Waals surface area contributed by atoms with E-state index in [1.807, 2.05) is 49.8 Å². The number of ether oxygens (including phenoxy) is 2. The standard InChI is InChI=1S/C29H37N3O5S/c1-7-36-27(34)21-10-12-31(13-11-21)24(33)15-22-16-38-29-30-20(6)25(28(35)37-17(2)3)26(32(22)29)23-14-18(4)8-9-19(23)5/h8-9,14,16-17,21,26H,7,10-13,15H2,1-6H3/t26-/m0/s1. The van der Waals surface area contributed by atoms with Gasteiger partial charge in [-0.2, -0.15) is 0 Å². The van der Waals surface area contributed by atoms with Crippen LogP contribution < -0.4 is 0 Å². The minimum atomic E-state index is -0.447. The second kappa shape index (κ2) is 11.8. The first-order chi connectivity index (χ1) is 18.1. The summed E-state index contributed by atoms with van der Waals surface area (Å²) in [7, 11) is 0. The average molecular weight is 540 g/mol. The fourth-order valence-corrected chi connectivity index (χ4v) is 6.11. The van der Waals surface area contributed by atoms with Gasteiger partial charge in [0.25, 0.3) is 0 Å². The third-order valence-corrected chi connectivity index (χ3v) is 7.98. The second-order valence-electron chi connectivity index (χ2n) is 10.3. The van der Waals surface area contributed by atoms with Gasteiger partial charge in [-0.25, -0.2) is 9.79 Å². The van der Waals surface area contributed by atoms with Crippen molar-refractivity contribution in [2.24, 2.45) is 10.9 Å². The van der Waals surface area contributed by atoms with Gasteiger partial charge < -0.3 is 19.3 Å². The maximum absolute atomic E-state index is 13.4. The molecule has 204 valence electrons. The highest BCUT2D eigenvalue weighted by atomic mass is 32.2. The number of piperidine rings is 1. The van der Waals surface area contributed by atoms with Gasteiger partial charge in [0.2, 0.25) is 5.91 Å². The predicted molar refractivity (Wildman–Crippen MR) is 148 cm³/mol. The molecule has 8 nitrogen and oxygen atoms in total. The van der Waals surface area contributed by atoms with Crippen LogP contribution in [0.4, 0.5) is 0 Å². The lowest BCUT2D eigenvalue weighted by atomic mass is 9.90. The predicted octanol–water partition coefficient (Wildman–Crippen LogP) is 5.02. The number of allylic oxidation sites excluding steroid dienone is 1. The number of hydrogen-bond donors (Lipinski definition) is 0. The molecule has 1 aromatic rings. The number of hydrogen-bond acceptors (Lipinski definition) is 8. The smallest absolute Gasteiger partial charge is 0.338 e. The van der Waals surface area contributed by atoms with Gasteiger partial charge in [0, 0.05) is 18.8 Å². The molecule has 3 heterocycles. The summed E-state index contributed by atoms with van der Waals surface area (Å²) in [6, 6.07) is 5.76. The molecule has 0 aliphatic carbocycles. The minimum absolute atomic E-state index is 0.00213. The molecule has 1 aromatic carbocycles. The van der Waals surface area contributed by atoms with Gasteiger partial charge in [-0.15, -0.1) is 0 Å². The number of benzene rings is 1. The number of aryl methyl sites for hydroxylation is 2. The molecule has 0 spiro atoms. The molecule has 0 N–H and O–H groups in total. The van der Waals surface area contributed by atoms with E-state index in [1.165, 1.54) is 11.8 Å². The summed E-state index contributed by atoms with van der Waals surface area (Å²) in [4.78, 5) is 47.5. The quantitative estimate of drug-likeness (QED) is 0.450. The largest absolute Gasteiger partial charge is 0.466 e. The lowest BCUT2D eigenvalue weighted by molar-refractivity contribution is -0.151. The molecule has 0 bridgehead atoms. The third kappa shape index (κ3) is 5.82. The summed E-state index contributed by atoms with van der Waals surface area (Å²) in [6.07, 6.45) is 1.12. The number of esters is 2. The van der Waals surface area contributed by atoms with E-state index in [-0.39, 0.29) is 30.3 Å². The van der Waals surface area contributed by atoms with Gasteiger partial charge in [0.1, 0.15) is 0 Å². The highest BCUT2D eigenvalue weighted by Crippen LogP contribution is 2.46. The zero-order valence-corrected chi connectivity index (χ0v) is 23.9. The van der Waals surface area contributed by atoms with Crippen LogP contribution in [0.25, 0.3) is 0 Å². The van der Waals surface area contributed by atoms with Crippen LogP contribution in [0.3, 0.4) is 0 Å². The Morgan fingerprint density at radius 2 is 1.84 bits per heavy atom. The molecule has 3 aliphatic heterocycles. The zero-order chi connectivity index (χ0) is 27.6. The Labute approximate surface area is 229 Å². The van der Waals surface area contributed by atoms with Crippen molar-refractivity contribution >= 4 is 34.8 Å². The molecule has 1 fully saturated rings. The summed E-state index contributed by atoms with van der Waals surface area (Å²) >= 11 is 1.47. The van der Waals surface area contributed by atoms with Crippen molar-refractivity contribution in [1.29, 1.82) is 0 Å². The van der Waals surface area contributed by atoms with Crippen molar-refractivity contribution in [3.63, 3.8) is 0 Å². The van der Waals surface area contributed by atoms with E-state index in [0.29, 0.717) is 43.8 Å². The first kappa shape index (κ1) is 28.0. The maximum atomic E-state index is 13.4. The van der Waals surface area contributed by atoms with E-state index >= 15 is 0 Å². The minimum Gasteiger partial charge on any atom is -0.466 e. The normalized spacial score (nSPS) is 19.8. The molecule has 3 aliphatic rings. The highest BCUT2D eigenvalue weighted by Gasteiger charge is 2.42. The number of nitrogens with zero attached hydrogens (tertiary/aromatic N) is 3. The molecule has 1 atom stereocenters. The molecule has 0 radical (unpaired) electrons. The van der Waals surface area contributed by atoms with Crippen molar-refractivity contribution in [2.45, 2.75) is 73.0 Å². The van der Waals surface area contributed by atoms with Gasteiger partial charge in [-0.05, 0) is 70.9 Å². The monoisotopic (exact) mass is 539 g/mol. The Hall–Kier alpha value is -3.07. The topological polar surface area (TPSA) is 88.5 Å². The molecule has 38 heavy (non-hydrogen) atoms. The van der Waals surface area contributed by atoms with Crippen molar-refractivity contribution in [3.8, 4) is 0 Å². The second-order valence-corrected chi connectivity index (χ2v) is 11.1. The molecule has 4 rings (SSSR count). The molecule has 1 amide bonds. The first-order valence-corrected chi connectivity index (χ1v) is 14.2. The fraction of sp³-hybridized carbons (Fsp3) is 0.517. The number of fused-ring (bicyclic) bond motifs is 1. The third-order valence-electron chi connectivity index (χ3n) is 7.09. The van der Waals surface area contributed by atoms with E-state index in [0.717, 1.165) is 27.6 Å². The summed E-state index contributed by atoms with van der Waals surface area (Å²) in [5.74, 6) is -0.729. The van der Waals surface area contributed by atoms with Crippen molar-refractivity contribution in [2.75, 3.05) is 19.7 Å². The molecular weight excluding hydrogens is 502 g/mol. The maximum Gasteiger partial charge on any atom is 0.338 e. The van der Waals surface area contributed by atoms with Gasteiger partial charge in [-0.1, -0.05) is 35.5 Å². The molecule has 0 unspecified atom stereocenters. The van der Waals surface area contributed by atoms with Gasteiger partial charge in [0.15, 0.2) is 5.17 Å². The number of likely N-dealkylation sites (tertiary alicyclic amines) is 1. The Balaban J connectivity index is 1.60. The van der Waals surface area contributed by atoms with Crippen molar-refractivity contribution in [3.05, 3.63) is 57.3 Å². The lowest BCUT2D eigenvalue weighted by Gasteiger charge is -2.38. The van der Waals surface area contributed by atoms with E-state index in [1.54, 1.807) is 6.92 Å². The van der Waals surface area contributed by atoms with Crippen molar-refractivity contribution in [1.82, 2.24) is 9.80 Å². The molecule has 0 aromatic heterocycles. The summed E-state index contributed by atoms with van der Waals surface area (Å²) < 4.78 is 10.8. The Morgan fingerprint density at radius 3 is 2.50 bits per heavy atom. The van der Waals surface area contributed by atoms with Crippen molar-refractivity contribution < 1.29 is 23.9 Å². The van der Waals surface area contributed by atoms with Gasteiger partial charge in [0.05, 0.1) is 42.4 Å². The van der Waals surface area contributed by atoms with E-state index in [2.05, 4.69) is 18.2 Å². The molecule has 0 saturated carbocycles. The van der Waals surface area contributed by atoms with Crippen LogP contribution in [0, 0.1) is 19.8 Å². The summed E-state index contributed by atoms with van der Waals surface area (Å²) in [5.41, 5.74) is 5.05. The number of carbonyl (C=O) groups is 3.